The van der Waals surface area contributed by atoms with Gasteiger partial charge in [0.15, 0.2) is 0 Å². The molecule has 1 aromatic rings. The van der Waals surface area contributed by atoms with Crippen LogP contribution in [0.15, 0.2) is 28.7 Å². The van der Waals surface area contributed by atoms with Crippen LogP contribution >= 0.6 is 15.9 Å². The largest absolute Gasteiger partial charge is 0.443 e. The highest BCUT2D eigenvalue weighted by Gasteiger charge is 2.41. The van der Waals surface area contributed by atoms with Crippen molar-refractivity contribution < 1.29 is 9.53 Å². The molecule has 5 heteroatoms. The molecule has 0 bridgehead atoms. The van der Waals surface area contributed by atoms with Crippen LogP contribution in [0.25, 0.3) is 0 Å². The van der Waals surface area contributed by atoms with E-state index in [1.54, 1.807) is 0 Å². The van der Waals surface area contributed by atoms with E-state index in [0.717, 1.165) is 29.7 Å². The highest BCUT2D eigenvalue weighted by Crippen LogP contribution is 2.29. The predicted molar refractivity (Wildman–Crippen MR) is 81.9 cm³/mol. The van der Waals surface area contributed by atoms with Crippen LogP contribution < -0.4 is 5.32 Å². The topological polar surface area (TPSA) is 41.6 Å². The normalized spacial score (nSPS) is 26.1. The molecule has 0 saturated carbocycles. The second-order valence-corrected chi connectivity index (χ2v) is 6.41. The summed E-state index contributed by atoms with van der Waals surface area (Å²) in [5.74, 6) is 0. The molecule has 2 saturated heterocycles. The number of benzene rings is 1. The van der Waals surface area contributed by atoms with Crippen LogP contribution in [-0.2, 0) is 4.74 Å². The zero-order valence-electron chi connectivity index (χ0n) is 11.3. The Morgan fingerprint density at radius 3 is 3.10 bits per heavy atom. The summed E-state index contributed by atoms with van der Waals surface area (Å²) < 4.78 is 6.49. The second-order valence-electron chi connectivity index (χ2n) is 5.49. The molecule has 2 aliphatic heterocycles. The first-order chi connectivity index (χ1) is 9.72. The van der Waals surface area contributed by atoms with E-state index in [1.807, 2.05) is 24.3 Å². The molecule has 2 aliphatic rings. The lowest BCUT2D eigenvalue weighted by molar-refractivity contribution is -0.0629. The van der Waals surface area contributed by atoms with Crippen molar-refractivity contribution in [2.45, 2.75) is 37.8 Å². The maximum Gasteiger partial charge on any atom is 0.411 e. The number of ether oxygens (including phenoxy) is 1. The third-order valence-electron chi connectivity index (χ3n) is 4.09. The third kappa shape index (κ3) is 3.15. The quantitative estimate of drug-likeness (QED) is 0.895. The van der Waals surface area contributed by atoms with Crippen LogP contribution in [0.3, 0.4) is 0 Å². The van der Waals surface area contributed by atoms with Crippen molar-refractivity contribution >= 4 is 27.7 Å². The summed E-state index contributed by atoms with van der Waals surface area (Å²) in [5.41, 5.74) is 0.751. The maximum absolute atomic E-state index is 11.9. The number of anilines is 1. The van der Waals surface area contributed by atoms with E-state index in [-0.39, 0.29) is 12.2 Å². The van der Waals surface area contributed by atoms with Gasteiger partial charge >= 0.3 is 6.09 Å². The number of hydrogen-bond acceptors (Lipinski definition) is 3. The van der Waals surface area contributed by atoms with Gasteiger partial charge in [0.1, 0.15) is 6.10 Å². The number of carbonyl (C=O) groups excluding carboxylic acids is 1. The van der Waals surface area contributed by atoms with Gasteiger partial charge in [-0.1, -0.05) is 34.8 Å². The van der Waals surface area contributed by atoms with Gasteiger partial charge < -0.3 is 4.74 Å². The number of nitrogens with zero attached hydrogens (tertiary/aromatic N) is 1. The molecule has 20 heavy (non-hydrogen) atoms. The molecule has 108 valence electrons. The molecule has 1 aromatic carbocycles. The fourth-order valence-electron chi connectivity index (χ4n) is 3.02. The Labute approximate surface area is 127 Å². The van der Waals surface area contributed by atoms with E-state index in [0.29, 0.717) is 6.04 Å². The monoisotopic (exact) mass is 338 g/mol. The molecular weight excluding hydrogens is 320 g/mol. The lowest BCUT2D eigenvalue weighted by Crippen LogP contribution is -2.61. The third-order valence-corrected chi connectivity index (χ3v) is 4.58. The summed E-state index contributed by atoms with van der Waals surface area (Å²) in [4.78, 5) is 14.4. The SMILES string of the molecule is O=C(Nc1cccc(Br)c1)OC1CN2CCCCCC12. The van der Waals surface area contributed by atoms with Gasteiger partial charge in [-0.05, 0) is 37.6 Å². The van der Waals surface area contributed by atoms with Crippen molar-refractivity contribution in [2.75, 3.05) is 18.4 Å². The Balaban J connectivity index is 1.52. The van der Waals surface area contributed by atoms with Gasteiger partial charge in [-0.25, -0.2) is 4.79 Å². The molecule has 3 rings (SSSR count). The first-order valence-corrected chi connectivity index (χ1v) is 7.99. The van der Waals surface area contributed by atoms with Crippen LogP contribution in [0.2, 0.25) is 0 Å². The number of amides is 1. The van der Waals surface area contributed by atoms with Gasteiger partial charge in [0, 0.05) is 22.7 Å². The molecule has 2 heterocycles. The zero-order valence-corrected chi connectivity index (χ0v) is 12.9. The Bertz CT molecular complexity index is 495. The van der Waals surface area contributed by atoms with Crippen molar-refractivity contribution in [3.05, 3.63) is 28.7 Å². The standard InChI is InChI=1S/C15H19BrN2O2/c16-11-5-4-6-12(9-11)17-15(19)20-14-10-18-8-3-1-2-7-13(14)18/h4-6,9,13-14H,1-3,7-8,10H2,(H,17,19). The molecule has 0 spiro atoms. The first kappa shape index (κ1) is 13.9. The van der Waals surface area contributed by atoms with Gasteiger partial charge in [-0.15, -0.1) is 0 Å². The van der Waals surface area contributed by atoms with Gasteiger partial charge in [0.05, 0.1) is 0 Å². The molecule has 0 aromatic heterocycles. The zero-order chi connectivity index (χ0) is 13.9. The van der Waals surface area contributed by atoms with Crippen molar-refractivity contribution in [1.29, 1.82) is 0 Å². The van der Waals surface area contributed by atoms with Crippen molar-refractivity contribution in [3.63, 3.8) is 0 Å². The summed E-state index contributed by atoms with van der Waals surface area (Å²) in [5, 5.41) is 2.78. The Morgan fingerprint density at radius 2 is 2.25 bits per heavy atom. The van der Waals surface area contributed by atoms with Gasteiger partial charge in [-0.2, -0.15) is 0 Å². The van der Waals surface area contributed by atoms with Crippen molar-refractivity contribution in [3.8, 4) is 0 Å². The van der Waals surface area contributed by atoms with Gasteiger partial charge in [-0.3, -0.25) is 10.2 Å². The van der Waals surface area contributed by atoms with E-state index in [1.165, 1.54) is 19.3 Å². The Morgan fingerprint density at radius 1 is 1.35 bits per heavy atom. The highest BCUT2D eigenvalue weighted by atomic mass is 79.9. The molecule has 2 fully saturated rings. The van der Waals surface area contributed by atoms with Gasteiger partial charge in [0.25, 0.3) is 0 Å². The first-order valence-electron chi connectivity index (χ1n) is 7.19. The van der Waals surface area contributed by atoms with Crippen LogP contribution in [0, 0.1) is 0 Å². The van der Waals surface area contributed by atoms with Crippen LogP contribution in [0.4, 0.5) is 10.5 Å². The minimum absolute atomic E-state index is 0.0558. The summed E-state index contributed by atoms with van der Waals surface area (Å²) >= 11 is 3.38. The second kappa shape index (κ2) is 6.14. The minimum Gasteiger partial charge on any atom is -0.443 e. The summed E-state index contributed by atoms with van der Waals surface area (Å²) in [6.45, 7) is 2.04. The van der Waals surface area contributed by atoms with E-state index in [9.17, 15) is 4.79 Å². The molecule has 0 radical (unpaired) electrons. The number of hydrogen-bond donors (Lipinski definition) is 1. The smallest absolute Gasteiger partial charge is 0.411 e. The molecule has 2 atom stereocenters. The predicted octanol–water partition coefficient (Wildman–Crippen LogP) is 3.62. The van der Waals surface area contributed by atoms with Gasteiger partial charge in [0.2, 0.25) is 0 Å². The Hall–Kier alpha value is -1.07. The number of carbonyl (C=O) groups is 1. The van der Waals surface area contributed by atoms with E-state index in [4.69, 9.17) is 4.74 Å². The summed E-state index contributed by atoms with van der Waals surface area (Å²) in [7, 11) is 0. The fourth-order valence-corrected chi connectivity index (χ4v) is 3.42. The number of nitrogens with one attached hydrogen (secondary N) is 1. The number of rotatable bonds is 2. The summed E-state index contributed by atoms with van der Waals surface area (Å²) in [6, 6.07) is 7.96. The van der Waals surface area contributed by atoms with E-state index < -0.39 is 0 Å². The molecule has 0 aliphatic carbocycles. The lowest BCUT2D eigenvalue weighted by Gasteiger charge is -2.46. The van der Waals surface area contributed by atoms with E-state index in [2.05, 4.69) is 26.1 Å². The Kier molecular flexibility index (Phi) is 4.27. The average Bonchev–Trinajstić information content (AvgIpc) is 2.58. The molecule has 1 amide bonds. The maximum atomic E-state index is 11.9. The van der Waals surface area contributed by atoms with E-state index >= 15 is 0 Å². The fraction of sp³-hybridized carbons (Fsp3) is 0.533. The molecule has 2 unspecified atom stereocenters. The lowest BCUT2D eigenvalue weighted by atomic mass is 9.96. The van der Waals surface area contributed by atoms with Crippen molar-refractivity contribution in [1.82, 2.24) is 4.90 Å². The highest BCUT2D eigenvalue weighted by molar-refractivity contribution is 9.10. The molecule has 4 nitrogen and oxygen atoms in total. The molecular formula is C15H19BrN2O2. The molecule has 1 N–H and O–H groups in total. The summed E-state index contributed by atoms with van der Waals surface area (Å²) in [6.07, 6.45) is 4.66. The number of fused-ring (bicyclic) bond motifs is 1. The average molecular weight is 339 g/mol. The number of halogens is 1. The van der Waals surface area contributed by atoms with Crippen LogP contribution in [0.5, 0.6) is 0 Å². The van der Waals surface area contributed by atoms with Crippen LogP contribution in [0.1, 0.15) is 25.7 Å². The van der Waals surface area contributed by atoms with Crippen LogP contribution in [-0.4, -0.2) is 36.2 Å². The minimum atomic E-state index is -0.350. The van der Waals surface area contributed by atoms with Crippen molar-refractivity contribution in [2.24, 2.45) is 0 Å².